The first-order valence-electron chi connectivity index (χ1n) is 8.84. The Morgan fingerprint density at radius 1 is 1.25 bits per heavy atom. The molecule has 0 radical (unpaired) electrons. The molecule has 3 unspecified atom stereocenters. The number of nitrogens with one attached hydrogen (secondary N) is 1. The van der Waals surface area contributed by atoms with Crippen molar-refractivity contribution < 1.29 is 19.4 Å². The molecule has 24 heavy (non-hydrogen) atoms. The molecule has 2 aliphatic rings. The molecular weight excluding hydrogens is 306 g/mol. The number of hydrogen-bond acceptors (Lipinski definition) is 3. The van der Waals surface area contributed by atoms with Crippen molar-refractivity contribution in [1.29, 1.82) is 0 Å². The number of aliphatic carboxylic acids is 1. The van der Waals surface area contributed by atoms with Gasteiger partial charge in [0.1, 0.15) is 6.04 Å². The molecule has 1 aromatic rings. The van der Waals surface area contributed by atoms with E-state index in [1.807, 2.05) is 12.1 Å². The second kappa shape index (κ2) is 7.79. The lowest BCUT2D eigenvalue weighted by atomic mass is 9.79. The Morgan fingerprint density at radius 3 is 2.83 bits per heavy atom. The molecule has 130 valence electrons. The number of ether oxygens (including phenoxy) is 1. The Morgan fingerprint density at radius 2 is 2.08 bits per heavy atom. The van der Waals surface area contributed by atoms with E-state index in [2.05, 4.69) is 17.4 Å². The fourth-order valence-electron chi connectivity index (χ4n) is 3.84. The molecule has 1 aliphatic carbocycles. The van der Waals surface area contributed by atoms with Crippen molar-refractivity contribution in [2.45, 2.75) is 50.5 Å². The summed E-state index contributed by atoms with van der Waals surface area (Å²) < 4.78 is 5.33. The second-order valence-electron chi connectivity index (χ2n) is 6.84. The van der Waals surface area contributed by atoms with Crippen LogP contribution in [0.5, 0.6) is 0 Å². The fraction of sp³-hybridized carbons (Fsp3) is 0.579. The van der Waals surface area contributed by atoms with Crippen LogP contribution in [0.15, 0.2) is 24.3 Å². The summed E-state index contributed by atoms with van der Waals surface area (Å²) in [5.41, 5.74) is 2.55. The number of carboxylic acids is 1. The molecule has 1 heterocycles. The summed E-state index contributed by atoms with van der Waals surface area (Å²) in [4.78, 5) is 24.0. The minimum absolute atomic E-state index is 0.189. The Labute approximate surface area is 142 Å². The normalized spacial score (nSPS) is 24.7. The molecule has 0 aromatic heterocycles. The number of hydrogen-bond donors (Lipinski definition) is 2. The summed E-state index contributed by atoms with van der Waals surface area (Å²) in [6.45, 7) is 1.08. The predicted molar refractivity (Wildman–Crippen MR) is 89.8 cm³/mol. The number of carbonyl (C=O) groups excluding carboxylic acids is 1. The Kier molecular flexibility index (Phi) is 5.51. The van der Waals surface area contributed by atoms with Crippen LogP contribution < -0.4 is 5.32 Å². The molecule has 0 spiro atoms. The van der Waals surface area contributed by atoms with Gasteiger partial charge in [-0.2, -0.15) is 0 Å². The molecule has 0 bridgehead atoms. The lowest BCUT2D eigenvalue weighted by molar-refractivity contribution is -0.143. The number of carboxylic acid groups (broad SMARTS) is 1. The van der Waals surface area contributed by atoms with E-state index >= 15 is 0 Å². The van der Waals surface area contributed by atoms with Gasteiger partial charge in [0, 0.05) is 6.61 Å². The van der Waals surface area contributed by atoms with Gasteiger partial charge in [0.2, 0.25) is 5.91 Å². The molecular formula is C19H25NO4. The van der Waals surface area contributed by atoms with E-state index < -0.39 is 12.0 Å². The zero-order valence-corrected chi connectivity index (χ0v) is 13.9. The molecule has 1 fully saturated rings. The maximum absolute atomic E-state index is 12.3. The van der Waals surface area contributed by atoms with Crippen molar-refractivity contribution in [3.05, 3.63) is 35.4 Å². The molecule has 2 N–H and O–H groups in total. The molecule has 1 amide bonds. The van der Waals surface area contributed by atoms with Crippen LogP contribution in [0, 0.1) is 5.92 Å². The zero-order valence-electron chi connectivity index (χ0n) is 13.9. The van der Waals surface area contributed by atoms with Gasteiger partial charge in [0.05, 0.1) is 12.5 Å². The number of fused-ring (bicyclic) bond motifs is 1. The molecule has 5 heteroatoms. The Bertz CT molecular complexity index is 595. The third-order valence-electron chi connectivity index (χ3n) is 5.16. The standard InChI is InChI=1S/C19H25NO4/c21-18(15-8-4-10-24-12-15)20-17(19(22)23)11-14-7-3-6-13-5-1-2-9-16(13)14/h1-2,5,9,14-15,17H,3-4,6-8,10-12H2,(H,20,21)(H,22,23). The van der Waals surface area contributed by atoms with Gasteiger partial charge in [-0.15, -0.1) is 0 Å². The largest absolute Gasteiger partial charge is 0.480 e. The van der Waals surface area contributed by atoms with Crippen molar-refractivity contribution in [3.8, 4) is 0 Å². The number of amides is 1. The highest BCUT2D eigenvalue weighted by Gasteiger charge is 2.30. The summed E-state index contributed by atoms with van der Waals surface area (Å²) in [6.07, 6.45) is 5.17. The number of carbonyl (C=O) groups is 2. The van der Waals surface area contributed by atoms with E-state index in [1.165, 1.54) is 11.1 Å². The van der Waals surface area contributed by atoms with Crippen LogP contribution in [0.25, 0.3) is 0 Å². The van der Waals surface area contributed by atoms with E-state index in [4.69, 9.17) is 4.74 Å². The summed E-state index contributed by atoms with van der Waals surface area (Å²) in [7, 11) is 0. The van der Waals surface area contributed by atoms with Crippen LogP contribution in [0.3, 0.4) is 0 Å². The maximum Gasteiger partial charge on any atom is 0.326 e. The monoisotopic (exact) mass is 331 g/mol. The highest BCUT2D eigenvalue weighted by molar-refractivity contribution is 5.85. The van der Waals surface area contributed by atoms with Crippen LogP contribution in [-0.4, -0.2) is 36.2 Å². The van der Waals surface area contributed by atoms with Crippen molar-refractivity contribution in [3.63, 3.8) is 0 Å². The van der Waals surface area contributed by atoms with E-state index in [0.717, 1.165) is 32.1 Å². The van der Waals surface area contributed by atoms with Crippen LogP contribution in [-0.2, 0) is 20.7 Å². The summed E-state index contributed by atoms with van der Waals surface area (Å²) >= 11 is 0. The smallest absolute Gasteiger partial charge is 0.326 e. The van der Waals surface area contributed by atoms with E-state index in [1.54, 1.807) is 0 Å². The quantitative estimate of drug-likeness (QED) is 0.869. The van der Waals surface area contributed by atoms with Gasteiger partial charge in [-0.3, -0.25) is 4.79 Å². The minimum Gasteiger partial charge on any atom is -0.480 e. The zero-order chi connectivity index (χ0) is 16.9. The van der Waals surface area contributed by atoms with Gasteiger partial charge in [-0.25, -0.2) is 4.79 Å². The van der Waals surface area contributed by atoms with E-state index in [0.29, 0.717) is 19.6 Å². The highest BCUT2D eigenvalue weighted by Crippen LogP contribution is 2.34. The van der Waals surface area contributed by atoms with Gasteiger partial charge in [-0.05, 0) is 55.6 Å². The third kappa shape index (κ3) is 3.96. The SMILES string of the molecule is O=C(NC(CC1CCCc2ccccc21)C(=O)O)C1CCCOC1. The first-order valence-corrected chi connectivity index (χ1v) is 8.84. The topological polar surface area (TPSA) is 75.6 Å². The average molecular weight is 331 g/mol. The summed E-state index contributed by atoms with van der Waals surface area (Å²) in [5, 5.41) is 12.3. The first kappa shape index (κ1) is 17.0. The van der Waals surface area contributed by atoms with Gasteiger partial charge in [-0.1, -0.05) is 24.3 Å². The van der Waals surface area contributed by atoms with Crippen LogP contribution >= 0.6 is 0 Å². The van der Waals surface area contributed by atoms with Gasteiger partial charge >= 0.3 is 5.97 Å². The van der Waals surface area contributed by atoms with Crippen LogP contribution in [0.4, 0.5) is 0 Å². The lowest BCUT2D eigenvalue weighted by Crippen LogP contribution is -2.46. The van der Waals surface area contributed by atoms with E-state index in [-0.39, 0.29) is 17.7 Å². The van der Waals surface area contributed by atoms with Crippen molar-refractivity contribution in [2.75, 3.05) is 13.2 Å². The first-order chi connectivity index (χ1) is 11.6. The Balaban J connectivity index is 1.66. The van der Waals surface area contributed by atoms with Gasteiger partial charge in [0.25, 0.3) is 0 Å². The third-order valence-corrected chi connectivity index (χ3v) is 5.16. The van der Waals surface area contributed by atoms with Crippen LogP contribution in [0.2, 0.25) is 0 Å². The Hall–Kier alpha value is -1.88. The molecule has 5 nitrogen and oxygen atoms in total. The van der Waals surface area contributed by atoms with Crippen molar-refractivity contribution in [1.82, 2.24) is 5.32 Å². The maximum atomic E-state index is 12.3. The predicted octanol–water partition coefficient (Wildman–Crippen LogP) is 2.49. The lowest BCUT2D eigenvalue weighted by Gasteiger charge is -2.29. The van der Waals surface area contributed by atoms with Crippen molar-refractivity contribution in [2.24, 2.45) is 5.92 Å². The van der Waals surface area contributed by atoms with E-state index in [9.17, 15) is 14.7 Å². The molecule has 3 atom stereocenters. The highest BCUT2D eigenvalue weighted by atomic mass is 16.5. The van der Waals surface area contributed by atoms with Gasteiger partial charge in [0.15, 0.2) is 0 Å². The second-order valence-corrected chi connectivity index (χ2v) is 6.84. The molecule has 1 saturated heterocycles. The minimum atomic E-state index is -0.955. The van der Waals surface area contributed by atoms with Crippen LogP contribution in [0.1, 0.15) is 49.1 Å². The van der Waals surface area contributed by atoms with Crippen molar-refractivity contribution >= 4 is 11.9 Å². The number of benzene rings is 1. The molecule has 1 aliphatic heterocycles. The summed E-state index contributed by atoms with van der Waals surface area (Å²) in [5.74, 6) is -1.17. The number of rotatable bonds is 5. The molecule has 3 rings (SSSR count). The summed E-state index contributed by atoms with van der Waals surface area (Å²) in [6, 6.07) is 7.41. The molecule has 1 aromatic carbocycles. The average Bonchev–Trinajstić information content (AvgIpc) is 2.62. The van der Waals surface area contributed by atoms with Gasteiger partial charge < -0.3 is 15.2 Å². The fourth-order valence-corrected chi connectivity index (χ4v) is 3.84. The number of aryl methyl sites for hydroxylation is 1. The molecule has 0 saturated carbocycles.